The van der Waals surface area contributed by atoms with Crippen LogP contribution in [0.25, 0.3) is 0 Å². The third-order valence-electron chi connectivity index (χ3n) is 5.63. The molecule has 1 N–H and O–H groups in total. The quantitative estimate of drug-likeness (QED) is 0.668. The van der Waals surface area contributed by atoms with Gasteiger partial charge in [-0.05, 0) is 47.2 Å². The van der Waals surface area contributed by atoms with Crippen molar-refractivity contribution in [2.24, 2.45) is 0 Å². The summed E-state index contributed by atoms with van der Waals surface area (Å²) in [6, 6.07) is 13.8. The predicted molar refractivity (Wildman–Crippen MR) is 121 cm³/mol. The Balaban J connectivity index is 1.66. The molecule has 0 radical (unpaired) electrons. The molecule has 0 amide bonds. The lowest BCUT2D eigenvalue weighted by Crippen LogP contribution is -2.42. The van der Waals surface area contributed by atoms with Crippen LogP contribution in [0, 0.1) is 5.82 Å². The second-order valence-electron chi connectivity index (χ2n) is 9.35. The van der Waals surface area contributed by atoms with E-state index in [-0.39, 0.29) is 35.4 Å². The molecule has 1 heterocycles. The molecule has 7 heteroatoms. The molecule has 2 aromatic carbocycles. The van der Waals surface area contributed by atoms with E-state index >= 15 is 0 Å². The Hall–Kier alpha value is -1.96. The standard InChI is InChI=1S/C24H32FNO4S/c1-24(2,3)19-6-4-18(5-7-19)14-26(21-12-13-31(28,29)17-21)15-22(27)16-30-23-10-8-20(25)9-11-23/h4-11,21-22,27H,12-17H2,1-3H3. The van der Waals surface area contributed by atoms with Crippen molar-refractivity contribution in [2.45, 2.75) is 51.3 Å². The summed E-state index contributed by atoms with van der Waals surface area (Å²) >= 11 is 0. The van der Waals surface area contributed by atoms with Gasteiger partial charge in [0.1, 0.15) is 24.3 Å². The molecule has 0 aliphatic carbocycles. The molecule has 0 bridgehead atoms. The molecule has 1 aliphatic heterocycles. The zero-order chi connectivity index (χ0) is 22.6. The lowest BCUT2D eigenvalue weighted by atomic mass is 9.86. The summed E-state index contributed by atoms with van der Waals surface area (Å²) in [5.41, 5.74) is 2.37. The van der Waals surface area contributed by atoms with E-state index in [9.17, 15) is 17.9 Å². The normalized spacial score (nSPS) is 19.5. The third kappa shape index (κ3) is 7.02. The molecule has 3 rings (SSSR count). The fraction of sp³-hybridized carbons (Fsp3) is 0.500. The van der Waals surface area contributed by atoms with Crippen LogP contribution < -0.4 is 4.74 Å². The smallest absolute Gasteiger partial charge is 0.151 e. The van der Waals surface area contributed by atoms with E-state index in [1.54, 1.807) is 0 Å². The summed E-state index contributed by atoms with van der Waals surface area (Å²) in [4.78, 5) is 2.04. The van der Waals surface area contributed by atoms with Crippen molar-refractivity contribution in [3.63, 3.8) is 0 Å². The van der Waals surface area contributed by atoms with Gasteiger partial charge in [-0.3, -0.25) is 4.90 Å². The monoisotopic (exact) mass is 449 g/mol. The minimum atomic E-state index is -3.04. The highest BCUT2D eigenvalue weighted by molar-refractivity contribution is 7.91. The Morgan fingerprint density at radius 1 is 1.13 bits per heavy atom. The first-order chi connectivity index (χ1) is 14.5. The number of hydrogen-bond acceptors (Lipinski definition) is 5. The maximum absolute atomic E-state index is 13.0. The van der Waals surface area contributed by atoms with Crippen molar-refractivity contribution in [3.8, 4) is 5.75 Å². The van der Waals surface area contributed by atoms with Crippen LogP contribution in [-0.4, -0.2) is 55.2 Å². The van der Waals surface area contributed by atoms with Gasteiger partial charge in [0.2, 0.25) is 0 Å². The van der Waals surface area contributed by atoms with Crippen molar-refractivity contribution in [1.82, 2.24) is 4.90 Å². The van der Waals surface area contributed by atoms with Crippen molar-refractivity contribution in [3.05, 3.63) is 65.5 Å². The maximum Gasteiger partial charge on any atom is 0.151 e. The molecule has 2 unspecified atom stereocenters. The van der Waals surface area contributed by atoms with Crippen LogP contribution in [0.15, 0.2) is 48.5 Å². The molecule has 31 heavy (non-hydrogen) atoms. The number of hydrogen-bond donors (Lipinski definition) is 1. The molecule has 1 aliphatic rings. The molecule has 2 aromatic rings. The zero-order valence-corrected chi connectivity index (χ0v) is 19.2. The van der Waals surface area contributed by atoms with E-state index in [1.807, 2.05) is 4.90 Å². The van der Waals surface area contributed by atoms with E-state index in [0.29, 0.717) is 25.3 Å². The second-order valence-corrected chi connectivity index (χ2v) is 11.6. The highest BCUT2D eigenvalue weighted by Crippen LogP contribution is 2.24. The van der Waals surface area contributed by atoms with Gasteiger partial charge in [0.25, 0.3) is 0 Å². The minimum Gasteiger partial charge on any atom is -0.491 e. The van der Waals surface area contributed by atoms with Crippen LogP contribution >= 0.6 is 0 Å². The summed E-state index contributed by atoms with van der Waals surface area (Å²) in [6.07, 6.45) is -0.240. The number of nitrogens with zero attached hydrogens (tertiary/aromatic N) is 1. The summed E-state index contributed by atoms with van der Waals surface area (Å²) in [5.74, 6) is 0.421. The first-order valence-electron chi connectivity index (χ1n) is 10.6. The first kappa shape index (κ1) is 23.7. The predicted octanol–water partition coefficient (Wildman–Crippen LogP) is 3.55. The summed E-state index contributed by atoms with van der Waals surface area (Å²) in [5, 5.41) is 10.6. The Morgan fingerprint density at radius 2 is 1.77 bits per heavy atom. The van der Waals surface area contributed by atoms with E-state index in [1.165, 1.54) is 29.8 Å². The molecule has 0 saturated carbocycles. The van der Waals surface area contributed by atoms with Gasteiger partial charge in [-0.25, -0.2) is 12.8 Å². The van der Waals surface area contributed by atoms with Gasteiger partial charge in [0, 0.05) is 19.1 Å². The fourth-order valence-corrected chi connectivity index (χ4v) is 5.56. The van der Waals surface area contributed by atoms with Crippen LogP contribution in [0.1, 0.15) is 38.3 Å². The summed E-state index contributed by atoms with van der Waals surface area (Å²) in [6.45, 7) is 7.38. The number of halogens is 1. The molecule has 170 valence electrons. The van der Waals surface area contributed by atoms with Gasteiger partial charge in [-0.15, -0.1) is 0 Å². The van der Waals surface area contributed by atoms with E-state index in [2.05, 4.69) is 45.0 Å². The number of ether oxygens (including phenoxy) is 1. The molecule has 5 nitrogen and oxygen atoms in total. The third-order valence-corrected chi connectivity index (χ3v) is 7.38. The van der Waals surface area contributed by atoms with E-state index < -0.39 is 15.9 Å². The van der Waals surface area contributed by atoms with Crippen LogP contribution in [0.3, 0.4) is 0 Å². The van der Waals surface area contributed by atoms with Crippen LogP contribution in [0.5, 0.6) is 5.75 Å². The van der Waals surface area contributed by atoms with Crippen LogP contribution in [0.4, 0.5) is 4.39 Å². The Kier molecular flexibility index (Phi) is 7.39. The van der Waals surface area contributed by atoms with Crippen molar-refractivity contribution in [2.75, 3.05) is 24.7 Å². The number of aliphatic hydroxyl groups is 1. The van der Waals surface area contributed by atoms with Gasteiger partial charge in [0.05, 0.1) is 11.5 Å². The molecule has 0 aromatic heterocycles. The molecule has 1 saturated heterocycles. The van der Waals surface area contributed by atoms with Crippen molar-refractivity contribution >= 4 is 9.84 Å². The van der Waals surface area contributed by atoms with Crippen molar-refractivity contribution < 1.29 is 22.7 Å². The highest BCUT2D eigenvalue weighted by Gasteiger charge is 2.33. The van der Waals surface area contributed by atoms with E-state index in [0.717, 1.165) is 5.56 Å². The van der Waals surface area contributed by atoms with Crippen LogP contribution in [0.2, 0.25) is 0 Å². The molecular formula is C24H32FNO4S. The van der Waals surface area contributed by atoms with E-state index in [4.69, 9.17) is 4.74 Å². The molecule has 1 fully saturated rings. The lowest BCUT2D eigenvalue weighted by Gasteiger charge is -2.30. The second kappa shape index (κ2) is 9.67. The first-order valence-corrected chi connectivity index (χ1v) is 12.4. The van der Waals surface area contributed by atoms with Crippen LogP contribution in [-0.2, 0) is 21.8 Å². The fourth-order valence-electron chi connectivity index (χ4n) is 3.80. The largest absolute Gasteiger partial charge is 0.491 e. The molecule has 2 atom stereocenters. The average molecular weight is 450 g/mol. The van der Waals surface area contributed by atoms with Gasteiger partial charge in [0.15, 0.2) is 9.84 Å². The van der Waals surface area contributed by atoms with Gasteiger partial charge in [-0.1, -0.05) is 45.0 Å². The van der Waals surface area contributed by atoms with Crippen molar-refractivity contribution in [1.29, 1.82) is 0 Å². The average Bonchev–Trinajstić information content (AvgIpc) is 3.06. The lowest BCUT2D eigenvalue weighted by molar-refractivity contribution is 0.0524. The SMILES string of the molecule is CC(C)(C)c1ccc(CN(CC(O)COc2ccc(F)cc2)C2CCS(=O)(=O)C2)cc1. The number of sulfone groups is 1. The Bertz CT molecular complexity index is 953. The van der Waals surface area contributed by atoms with Gasteiger partial charge < -0.3 is 9.84 Å². The van der Waals surface area contributed by atoms with Gasteiger partial charge in [-0.2, -0.15) is 0 Å². The maximum atomic E-state index is 13.0. The summed E-state index contributed by atoms with van der Waals surface area (Å²) in [7, 11) is -3.04. The number of rotatable bonds is 8. The summed E-state index contributed by atoms with van der Waals surface area (Å²) < 4.78 is 42.7. The Morgan fingerprint density at radius 3 is 2.32 bits per heavy atom. The molecule has 0 spiro atoms. The number of aliphatic hydroxyl groups excluding tert-OH is 1. The minimum absolute atomic E-state index is 0.0462. The Labute approximate surface area is 184 Å². The number of benzene rings is 2. The molecular weight excluding hydrogens is 417 g/mol. The highest BCUT2D eigenvalue weighted by atomic mass is 32.2. The zero-order valence-electron chi connectivity index (χ0n) is 18.4. The van der Waals surface area contributed by atoms with Gasteiger partial charge >= 0.3 is 0 Å². The topological polar surface area (TPSA) is 66.8 Å².